The van der Waals surface area contributed by atoms with E-state index < -0.39 is 0 Å². The van der Waals surface area contributed by atoms with E-state index in [0.717, 1.165) is 36.5 Å². The summed E-state index contributed by atoms with van der Waals surface area (Å²) in [4.78, 5) is 9.08. The van der Waals surface area contributed by atoms with Gasteiger partial charge in [-0.2, -0.15) is 4.98 Å². The minimum absolute atomic E-state index is 0.663. The number of anilines is 2. The third-order valence-corrected chi connectivity index (χ3v) is 3.04. The predicted octanol–water partition coefficient (Wildman–Crippen LogP) is 3.95. The fourth-order valence-corrected chi connectivity index (χ4v) is 1.93. The SMILES string of the molecule is C=CCNc1cc(-c2ccccc2)nc(NCCCC)n1. The van der Waals surface area contributed by atoms with Gasteiger partial charge in [-0.1, -0.05) is 49.8 Å². The maximum Gasteiger partial charge on any atom is 0.225 e. The van der Waals surface area contributed by atoms with E-state index in [1.807, 2.05) is 30.3 Å². The second-order valence-corrected chi connectivity index (χ2v) is 4.78. The van der Waals surface area contributed by atoms with Crippen LogP contribution in [0.15, 0.2) is 49.1 Å². The zero-order chi connectivity index (χ0) is 14.9. The topological polar surface area (TPSA) is 49.8 Å². The number of aromatic nitrogens is 2. The number of unbranched alkanes of at least 4 members (excludes halogenated alkanes) is 1. The lowest BCUT2D eigenvalue weighted by atomic mass is 10.1. The highest BCUT2D eigenvalue weighted by molar-refractivity contribution is 5.64. The summed E-state index contributed by atoms with van der Waals surface area (Å²) >= 11 is 0. The average molecular weight is 282 g/mol. The number of hydrogen-bond acceptors (Lipinski definition) is 4. The van der Waals surface area contributed by atoms with Gasteiger partial charge in [-0.25, -0.2) is 4.98 Å². The molecule has 0 bridgehead atoms. The first-order valence-corrected chi connectivity index (χ1v) is 7.36. The maximum absolute atomic E-state index is 4.60. The van der Waals surface area contributed by atoms with E-state index in [9.17, 15) is 0 Å². The molecular weight excluding hydrogens is 260 g/mol. The van der Waals surface area contributed by atoms with Crippen LogP contribution in [0.2, 0.25) is 0 Å². The fraction of sp³-hybridized carbons (Fsp3) is 0.294. The van der Waals surface area contributed by atoms with Gasteiger partial charge in [0.05, 0.1) is 5.69 Å². The molecule has 0 atom stereocenters. The third kappa shape index (κ3) is 4.60. The maximum atomic E-state index is 4.60. The van der Waals surface area contributed by atoms with Gasteiger partial charge in [0.25, 0.3) is 0 Å². The summed E-state index contributed by atoms with van der Waals surface area (Å²) in [6.45, 7) is 7.45. The summed E-state index contributed by atoms with van der Waals surface area (Å²) in [5, 5.41) is 6.51. The minimum atomic E-state index is 0.663. The van der Waals surface area contributed by atoms with Crippen molar-refractivity contribution in [3.8, 4) is 11.3 Å². The molecule has 4 heteroatoms. The zero-order valence-corrected chi connectivity index (χ0v) is 12.5. The first kappa shape index (κ1) is 15.0. The number of rotatable bonds is 8. The quantitative estimate of drug-likeness (QED) is 0.568. The van der Waals surface area contributed by atoms with Crippen LogP contribution in [0.5, 0.6) is 0 Å². The molecule has 0 aliphatic carbocycles. The van der Waals surface area contributed by atoms with Crippen LogP contribution >= 0.6 is 0 Å². The molecule has 2 rings (SSSR count). The van der Waals surface area contributed by atoms with Gasteiger partial charge >= 0.3 is 0 Å². The molecule has 1 aromatic heterocycles. The molecule has 0 unspecified atom stereocenters. The van der Waals surface area contributed by atoms with Gasteiger partial charge in [0.2, 0.25) is 5.95 Å². The Balaban J connectivity index is 2.25. The molecule has 0 amide bonds. The normalized spacial score (nSPS) is 10.1. The Morgan fingerprint density at radius 3 is 2.67 bits per heavy atom. The molecule has 1 heterocycles. The molecule has 0 spiro atoms. The van der Waals surface area contributed by atoms with Crippen molar-refractivity contribution in [2.24, 2.45) is 0 Å². The highest BCUT2D eigenvalue weighted by Crippen LogP contribution is 2.21. The van der Waals surface area contributed by atoms with E-state index in [2.05, 4.69) is 46.2 Å². The van der Waals surface area contributed by atoms with Gasteiger partial charge < -0.3 is 10.6 Å². The lowest BCUT2D eigenvalue weighted by molar-refractivity contribution is 0.826. The van der Waals surface area contributed by atoms with Crippen LogP contribution < -0.4 is 10.6 Å². The van der Waals surface area contributed by atoms with Crippen LogP contribution in [0.3, 0.4) is 0 Å². The first-order valence-electron chi connectivity index (χ1n) is 7.36. The monoisotopic (exact) mass is 282 g/mol. The van der Waals surface area contributed by atoms with Crippen molar-refractivity contribution in [2.75, 3.05) is 23.7 Å². The van der Waals surface area contributed by atoms with Crippen molar-refractivity contribution < 1.29 is 0 Å². The number of hydrogen-bond donors (Lipinski definition) is 2. The summed E-state index contributed by atoms with van der Waals surface area (Å²) in [5.41, 5.74) is 2.00. The highest BCUT2D eigenvalue weighted by Gasteiger charge is 2.06. The lowest BCUT2D eigenvalue weighted by Crippen LogP contribution is -2.08. The average Bonchev–Trinajstić information content (AvgIpc) is 2.54. The van der Waals surface area contributed by atoms with Crippen molar-refractivity contribution in [1.82, 2.24) is 9.97 Å². The molecule has 110 valence electrons. The smallest absolute Gasteiger partial charge is 0.225 e. The van der Waals surface area contributed by atoms with Crippen LogP contribution in [-0.2, 0) is 0 Å². The summed E-state index contributed by atoms with van der Waals surface area (Å²) in [5.74, 6) is 1.47. The fourth-order valence-electron chi connectivity index (χ4n) is 1.93. The van der Waals surface area contributed by atoms with Gasteiger partial charge in [0.1, 0.15) is 5.82 Å². The predicted molar refractivity (Wildman–Crippen MR) is 89.6 cm³/mol. The van der Waals surface area contributed by atoms with Gasteiger partial charge in [0.15, 0.2) is 0 Å². The number of benzene rings is 1. The molecular formula is C17H22N4. The van der Waals surface area contributed by atoms with Crippen molar-refractivity contribution in [3.05, 3.63) is 49.1 Å². The van der Waals surface area contributed by atoms with Crippen molar-refractivity contribution in [2.45, 2.75) is 19.8 Å². The van der Waals surface area contributed by atoms with E-state index >= 15 is 0 Å². The van der Waals surface area contributed by atoms with Crippen molar-refractivity contribution >= 4 is 11.8 Å². The number of nitrogens with zero attached hydrogens (tertiary/aromatic N) is 2. The molecule has 0 radical (unpaired) electrons. The standard InChI is InChI=1S/C17H22N4/c1-3-5-12-19-17-20-15(14-9-7-6-8-10-14)13-16(21-17)18-11-4-2/h4,6-10,13H,2-3,5,11-12H2,1H3,(H2,18,19,20,21). The molecule has 0 aliphatic heterocycles. The Labute approximate surface area is 126 Å². The van der Waals surface area contributed by atoms with Gasteiger partial charge in [-0.3, -0.25) is 0 Å². The highest BCUT2D eigenvalue weighted by atomic mass is 15.1. The first-order chi connectivity index (χ1) is 10.3. The van der Waals surface area contributed by atoms with Crippen molar-refractivity contribution in [1.29, 1.82) is 0 Å². The summed E-state index contributed by atoms with van der Waals surface area (Å²) < 4.78 is 0. The van der Waals surface area contributed by atoms with Crippen LogP contribution in [-0.4, -0.2) is 23.1 Å². The summed E-state index contributed by atoms with van der Waals surface area (Å²) in [6, 6.07) is 12.1. The largest absolute Gasteiger partial charge is 0.366 e. The summed E-state index contributed by atoms with van der Waals surface area (Å²) in [7, 11) is 0. The molecule has 0 saturated heterocycles. The van der Waals surface area contributed by atoms with E-state index in [-0.39, 0.29) is 0 Å². The Morgan fingerprint density at radius 2 is 1.95 bits per heavy atom. The molecule has 4 nitrogen and oxygen atoms in total. The van der Waals surface area contributed by atoms with Gasteiger partial charge in [-0.15, -0.1) is 6.58 Å². The van der Waals surface area contributed by atoms with E-state index in [1.165, 1.54) is 0 Å². The van der Waals surface area contributed by atoms with Crippen LogP contribution in [0.1, 0.15) is 19.8 Å². The Kier molecular flexibility index (Phi) is 5.76. The molecule has 0 fully saturated rings. The molecule has 0 aliphatic rings. The minimum Gasteiger partial charge on any atom is -0.366 e. The van der Waals surface area contributed by atoms with E-state index in [0.29, 0.717) is 12.5 Å². The third-order valence-electron chi connectivity index (χ3n) is 3.04. The van der Waals surface area contributed by atoms with Crippen LogP contribution in [0.25, 0.3) is 11.3 Å². The molecule has 2 aromatic rings. The molecule has 21 heavy (non-hydrogen) atoms. The second kappa shape index (κ2) is 8.04. The van der Waals surface area contributed by atoms with E-state index in [4.69, 9.17) is 0 Å². The molecule has 0 saturated carbocycles. The van der Waals surface area contributed by atoms with Gasteiger partial charge in [-0.05, 0) is 6.42 Å². The number of nitrogens with one attached hydrogen (secondary N) is 2. The second-order valence-electron chi connectivity index (χ2n) is 4.78. The molecule has 1 aromatic carbocycles. The Hall–Kier alpha value is -2.36. The lowest BCUT2D eigenvalue weighted by Gasteiger charge is -2.10. The zero-order valence-electron chi connectivity index (χ0n) is 12.5. The van der Waals surface area contributed by atoms with Gasteiger partial charge in [0, 0.05) is 24.7 Å². The Bertz CT molecular complexity index is 566. The van der Waals surface area contributed by atoms with E-state index in [1.54, 1.807) is 0 Å². The summed E-state index contributed by atoms with van der Waals surface area (Å²) in [6.07, 6.45) is 4.07. The molecule has 2 N–H and O–H groups in total. The van der Waals surface area contributed by atoms with Crippen molar-refractivity contribution in [3.63, 3.8) is 0 Å². The van der Waals surface area contributed by atoms with Crippen LogP contribution in [0.4, 0.5) is 11.8 Å². The van der Waals surface area contributed by atoms with Crippen LogP contribution in [0, 0.1) is 0 Å². The Morgan fingerprint density at radius 1 is 1.14 bits per heavy atom.